The summed E-state index contributed by atoms with van der Waals surface area (Å²) in [6.07, 6.45) is -10.9. The summed E-state index contributed by atoms with van der Waals surface area (Å²) in [5, 5.41) is 162. The summed E-state index contributed by atoms with van der Waals surface area (Å²) in [7, 11) is -44.5. The number of nitrogens with zero attached hydrogens (tertiary/aromatic N) is 8. The maximum absolute atomic E-state index is 12.4. The van der Waals surface area contributed by atoms with E-state index >= 15 is 0 Å². The van der Waals surface area contributed by atoms with E-state index in [9.17, 15) is 158 Å². The summed E-state index contributed by atoms with van der Waals surface area (Å²) in [5.74, 6) is -20.7. The van der Waals surface area contributed by atoms with Gasteiger partial charge in [-0.1, -0.05) is 0 Å². The predicted molar refractivity (Wildman–Crippen MR) is 462 cm³/mol. The maximum Gasteiger partial charge on any atom is 0.478 e. The smallest absolute Gasteiger partial charge is 0.478 e. The van der Waals surface area contributed by atoms with Crippen molar-refractivity contribution in [2.45, 2.75) is 202 Å². The first-order valence-electron chi connectivity index (χ1n) is 43.8. The van der Waals surface area contributed by atoms with Crippen LogP contribution >= 0.6 is 0 Å². The highest BCUT2D eigenvalue weighted by Crippen LogP contribution is 2.55. The van der Waals surface area contributed by atoms with Gasteiger partial charge in [-0.05, 0) is 104 Å². The Morgan fingerprint density at radius 2 is 0.197 bits per heavy atom. The van der Waals surface area contributed by atoms with Gasteiger partial charge in [-0.25, -0.2) is 0 Å². The van der Waals surface area contributed by atoms with Gasteiger partial charge in [0.15, 0.2) is 0 Å². The molecule has 6 fully saturated rings. The average Bonchev–Trinajstić information content (AvgIpc) is 0.685. The van der Waals surface area contributed by atoms with Crippen LogP contribution in [0, 0.1) is 0 Å². The molecule has 6 aliphatic heterocycles. The number of hydrogen-bond donors (Lipinski definition) is 16. The summed E-state index contributed by atoms with van der Waals surface area (Å²) >= 11 is 0. The molecule has 132 heavy (non-hydrogen) atoms. The lowest BCUT2D eigenvalue weighted by Gasteiger charge is -2.63. The first-order chi connectivity index (χ1) is 62.1. The molecule has 0 aromatic heterocycles. The van der Waals surface area contributed by atoms with E-state index in [1.165, 1.54) is 39.2 Å². The van der Waals surface area contributed by atoms with Gasteiger partial charge in [0.1, 0.15) is 0 Å². The third-order valence-corrected chi connectivity index (χ3v) is 59.2. The molecule has 0 spiro atoms. The van der Waals surface area contributed by atoms with Crippen molar-refractivity contribution in [2.24, 2.45) is 0 Å². The van der Waals surface area contributed by atoms with Gasteiger partial charge in [0.25, 0.3) is 0 Å². The van der Waals surface area contributed by atoms with Crippen LogP contribution in [0.5, 0.6) is 0 Å². The first kappa shape index (κ1) is 115. The van der Waals surface area contributed by atoms with E-state index in [0.717, 1.165) is 0 Å². The van der Waals surface area contributed by atoms with Crippen LogP contribution in [0.15, 0.2) is 0 Å². The second kappa shape index (κ2) is 56.8. The third-order valence-electron chi connectivity index (χ3n) is 21.7. The van der Waals surface area contributed by atoms with E-state index in [1.807, 2.05) is 0 Å². The fraction of sp³-hybridized carbons (Fsp3) is 0.778. The lowest BCUT2D eigenvalue weighted by molar-refractivity contribution is -0.139. The minimum atomic E-state index is -5.57. The summed E-state index contributed by atoms with van der Waals surface area (Å²) < 4.78 is 96.6. The third kappa shape index (κ3) is 45.0. The van der Waals surface area contributed by atoms with Crippen molar-refractivity contribution in [3.8, 4) is 0 Å². The summed E-state index contributed by atoms with van der Waals surface area (Å²) in [6, 6.07) is -4.37. The zero-order valence-electron chi connectivity index (χ0n) is 73.8. The van der Waals surface area contributed by atoms with Crippen molar-refractivity contribution >= 4 is 166 Å². The lowest BCUT2D eigenvalue weighted by atomic mass is 10.3. The van der Waals surface area contributed by atoms with Crippen LogP contribution in [0.4, 0.5) is 0 Å². The topological polar surface area (TPSA) is 733 Å². The van der Waals surface area contributed by atoms with E-state index in [2.05, 4.69) is 0 Å². The fourth-order valence-corrected chi connectivity index (χ4v) is 65.7. The monoisotopic (exact) mass is 2030 g/mol. The molecular weight excluding hydrogens is 1910 g/mol. The van der Waals surface area contributed by atoms with Gasteiger partial charge in [-0.15, -0.1) is 0 Å². The van der Waals surface area contributed by atoms with E-state index in [1.54, 1.807) is 0 Å². The van der Waals surface area contributed by atoms with Crippen molar-refractivity contribution in [3.63, 3.8) is 0 Å². The molecule has 752 valence electrons. The van der Waals surface area contributed by atoms with E-state index in [4.69, 9.17) is 49.4 Å². The molecule has 0 aromatic carbocycles. The van der Waals surface area contributed by atoms with E-state index in [0.29, 0.717) is 0 Å². The van der Waals surface area contributed by atoms with Crippen LogP contribution < -0.4 is 0 Å². The van der Waals surface area contributed by atoms with Gasteiger partial charge in [-0.2, -0.15) is 0 Å². The Morgan fingerprint density at radius 1 is 0.129 bits per heavy atom. The minimum absolute atomic E-state index is 0.231. The Morgan fingerprint density at radius 3 is 0.258 bits per heavy atom. The Kier molecular flexibility index (Phi) is 49.5. The molecule has 0 aromatic rings. The number of aliphatic carboxylic acids is 16. The molecule has 6 heterocycles. The molecule has 60 heteroatoms. The molecule has 16 N–H and O–H groups in total. The molecule has 52 nitrogen and oxygen atoms in total. The van der Waals surface area contributed by atoms with E-state index < -0.39 is 317 Å². The molecule has 0 amide bonds. The molecular formula is C72H128N8O44Si8. The lowest BCUT2D eigenvalue weighted by Crippen LogP contribution is -2.88. The molecule has 6 rings (SSSR count). The van der Waals surface area contributed by atoms with Crippen LogP contribution in [-0.2, 0) is 126 Å². The second-order valence-electron chi connectivity index (χ2n) is 32.6. The molecule has 6 aliphatic rings. The highest BCUT2D eigenvalue weighted by atomic mass is 28.6. The second-order valence-corrected chi connectivity index (χ2v) is 57.3. The normalized spacial score (nSPS) is 23.2. The van der Waals surface area contributed by atoms with Crippen LogP contribution in [0.3, 0.4) is 0 Å². The van der Waals surface area contributed by atoms with Crippen molar-refractivity contribution < 1.29 is 208 Å². The molecule has 6 saturated heterocycles. The Bertz CT molecular complexity index is 2920. The van der Waals surface area contributed by atoms with Crippen LogP contribution in [0.25, 0.3) is 0 Å². The zero-order valence-corrected chi connectivity index (χ0v) is 81.8. The largest absolute Gasteiger partial charge is 0.481 e. The summed E-state index contributed by atoms with van der Waals surface area (Å²) in [5.41, 5.74) is 0. The Balaban J connectivity index is 2.20. The van der Waals surface area contributed by atoms with Crippen molar-refractivity contribution in [1.29, 1.82) is 0 Å². The SMILES string of the molecule is O=C(O)CCN(CCC[Si]12O[Si]3(CCCN(CCC(=O)O)CCC(=O)O)O[Si]4(CCCN(CCC(=O)O)CCC(=O)O)O[Si](CCCN(CCC(=O)O)CCC(=O)O)(O1)O[Si]1(CCCN(CCC(=O)O)CCC(=O)O)O[Si](CCCN(CCC(=O)O)CCC(=O)O)(O2)O[Si](CCCN(CCC(=O)O)CCC(=O)O)(O3)O[Si](CCCN(CCC(=O)O)CCC(=O)O)(O4)O1)CCC(=O)O. The van der Waals surface area contributed by atoms with Gasteiger partial charge in [0.05, 0.1) is 103 Å². The maximum atomic E-state index is 12.4. The summed E-state index contributed by atoms with van der Waals surface area (Å²) in [6.45, 7) is -6.36. The summed E-state index contributed by atoms with van der Waals surface area (Å²) in [4.78, 5) is 211. The van der Waals surface area contributed by atoms with Gasteiger partial charge in [0, 0.05) is 153 Å². The number of carbonyl (C=O) groups is 16. The molecule has 0 aliphatic carbocycles. The van der Waals surface area contributed by atoms with Gasteiger partial charge in [0.2, 0.25) is 0 Å². The number of rotatable bonds is 80. The van der Waals surface area contributed by atoms with Crippen molar-refractivity contribution in [3.05, 3.63) is 0 Å². The number of carboxylic acids is 16. The Labute approximate surface area is 768 Å². The molecule has 0 atom stereocenters. The van der Waals surface area contributed by atoms with Crippen LogP contribution in [0.1, 0.15) is 154 Å². The fourth-order valence-electron chi connectivity index (χ4n) is 15.5. The number of hydrogen-bond acceptors (Lipinski definition) is 36. The van der Waals surface area contributed by atoms with Gasteiger partial charge < -0.3 is 170 Å². The molecule has 0 radical (unpaired) electrons. The standard InChI is InChI=1S/C72H128N8O44Si8/c81-57(82)9-33-73(34-10-58(83)84)25-1-49-125-113-126(50-2-26-74(35-11-59(85)86)36-12-60(87)88)116-129(53-5-29-77(41-17-65(97)98)42-18-66(99)100)118-127(114-125,51-3-27-75(37-13-61(89)90)38-14-62(91)92)120-131(55-7-31-79(45-21-69(105)106)46-22-70(107)108)121-128(115-125,52-4-28-76(39-15-63(93)94)40-16-64(95)96)119-130(117-126,54-6-30-78(43-19-67(101)102)44-20-68(103)104)123-132(122-129,124-131)56-8-32-80(47-23-71(109)110)48-24-72(111)112/h1-56H2,(H,81,82)(H,83,84)(H,85,86)(H,87,88)(H,89,90)(H,91,92)(H,93,94)(H,95,96)(H,97,98)(H,99,100)(H,101,102)(H,103,104)(H,105,106)(H,107,108)(H,109,110)(H,111,112). The molecule has 0 saturated carbocycles. The molecule has 0 unspecified atom stereocenters. The van der Waals surface area contributed by atoms with Crippen LogP contribution in [0.2, 0.25) is 48.4 Å². The molecule has 8 bridgehead atoms. The predicted octanol–water partition coefficient (Wildman–Crippen LogP) is 0.897. The number of carboxylic acid groups (broad SMARTS) is 16. The first-order valence-corrected chi connectivity index (χ1v) is 59.3. The van der Waals surface area contributed by atoms with Gasteiger partial charge >= 0.3 is 166 Å². The van der Waals surface area contributed by atoms with Crippen molar-refractivity contribution in [2.75, 3.05) is 157 Å². The van der Waals surface area contributed by atoms with Gasteiger partial charge in [-0.3, -0.25) is 76.7 Å². The van der Waals surface area contributed by atoms with Crippen molar-refractivity contribution in [1.82, 2.24) is 39.2 Å². The average molecular weight is 2030 g/mol. The quantitative estimate of drug-likeness (QED) is 0.0376. The highest BCUT2D eigenvalue weighted by molar-refractivity contribution is 7.03. The minimum Gasteiger partial charge on any atom is -0.481 e. The Hall–Kier alpha value is -7.54. The van der Waals surface area contributed by atoms with Crippen LogP contribution in [-0.4, -0.2) is 444 Å². The zero-order chi connectivity index (χ0) is 97.9. The van der Waals surface area contributed by atoms with E-state index in [-0.39, 0.29) is 208 Å². The highest BCUT2D eigenvalue weighted by Gasteiger charge is 2.83.